The van der Waals surface area contributed by atoms with E-state index >= 15 is 0 Å². The van der Waals surface area contributed by atoms with E-state index in [1.165, 1.54) is 17.4 Å². The second kappa shape index (κ2) is 4.63. The Hall–Kier alpha value is -1.52. The van der Waals surface area contributed by atoms with Gasteiger partial charge in [0.1, 0.15) is 15.8 Å². The van der Waals surface area contributed by atoms with Gasteiger partial charge >= 0.3 is 0 Å². The van der Waals surface area contributed by atoms with Crippen LogP contribution >= 0.6 is 22.9 Å². The first-order valence-electron chi connectivity index (χ1n) is 5.35. The molecule has 18 heavy (non-hydrogen) atoms. The third kappa shape index (κ3) is 1.87. The van der Waals surface area contributed by atoms with E-state index < -0.39 is 0 Å². The second-order valence-corrected chi connectivity index (χ2v) is 5.10. The maximum absolute atomic E-state index is 13.7. The molecule has 1 heterocycles. The lowest BCUT2D eigenvalue weighted by Gasteiger charge is -2.03. The van der Waals surface area contributed by atoms with Gasteiger partial charge in [-0.2, -0.15) is 0 Å². The smallest absolute Gasteiger partial charge is 0.148 e. The number of fused-ring (bicyclic) bond motifs is 1. The summed E-state index contributed by atoms with van der Waals surface area (Å²) in [6.45, 7) is 0. The summed E-state index contributed by atoms with van der Waals surface area (Å²) < 4.78 is 13.7. The molecule has 0 spiro atoms. The number of nitrogens with zero attached hydrogens (tertiary/aromatic N) is 2. The molecular formula is C13H8ClFN2S. The molecule has 1 aromatic heterocycles. The topological polar surface area (TPSA) is 25.8 Å². The molecule has 0 aliphatic heterocycles. The molecule has 0 unspecified atom stereocenters. The van der Waals surface area contributed by atoms with Gasteiger partial charge in [0.25, 0.3) is 0 Å². The van der Waals surface area contributed by atoms with Crippen molar-refractivity contribution in [3.8, 4) is 10.6 Å². The zero-order valence-electron chi connectivity index (χ0n) is 9.23. The van der Waals surface area contributed by atoms with Crippen LogP contribution in [0.1, 0.15) is 5.01 Å². The predicted molar refractivity (Wildman–Crippen MR) is 72.4 cm³/mol. The molecule has 5 heteroatoms. The quantitative estimate of drug-likeness (QED) is 0.655. The molecule has 2 aromatic carbocycles. The van der Waals surface area contributed by atoms with Crippen molar-refractivity contribution >= 4 is 33.7 Å². The lowest BCUT2D eigenvalue weighted by molar-refractivity contribution is 0.640. The lowest BCUT2D eigenvalue weighted by atomic mass is 10.0. The molecule has 2 nitrogen and oxygen atoms in total. The molecule has 0 N–H and O–H groups in total. The van der Waals surface area contributed by atoms with Crippen LogP contribution in [0.4, 0.5) is 4.39 Å². The zero-order chi connectivity index (χ0) is 12.5. The summed E-state index contributed by atoms with van der Waals surface area (Å²) in [6.07, 6.45) is 0. The number of hydrogen-bond donors (Lipinski definition) is 0. The van der Waals surface area contributed by atoms with Gasteiger partial charge in [-0.15, -0.1) is 21.8 Å². The Kier molecular flexibility index (Phi) is 2.97. The largest absolute Gasteiger partial charge is 0.206 e. The Bertz CT molecular complexity index is 711. The number of halogens is 2. The van der Waals surface area contributed by atoms with E-state index in [4.69, 9.17) is 11.6 Å². The van der Waals surface area contributed by atoms with Crippen LogP contribution in [0.15, 0.2) is 36.4 Å². The van der Waals surface area contributed by atoms with Crippen molar-refractivity contribution < 1.29 is 4.39 Å². The molecule has 3 rings (SSSR count). The van der Waals surface area contributed by atoms with Gasteiger partial charge in [0, 0.05) is 10.9 Å². The molecule has 0 atom stereocenters. The van der Waals surface area contributed by atoms with Crippen molar-refractivity contribution in [1.82, 2.24) is 10.2 Å². The van der Waals surface area contributed by atoms with Crippen molar-refractivity contribution in [3.63, 3.8) is 0 Å². The van der Waals surface area contributed by atoms with E-state index in [-0.39, 0.29) is 5.82 Å². The molecule has 0 radical (unpaired) electrons. The maximum atomic E-state index is 13.7. The monoisotopic (exact) mass is 278 g/mol. The highest BCUT2D eigenvalue weighted by molar-refractivity contribution is 7.14. The number of alkyl halides is 1. The fourth-order valence-corrected chi connectivity index (χ4v) is 2.81. The first kappa shape index (κ1) is 11.6. The van der Waals surface area contributed by atoms with Gasteiger partial charge in [-0.05, 0) is 17.5 Å². The average molecular weight is 279 g/mol. The van der Waals surface area contributed by atoms with E-state index in [0.717, 1.165) is 21.0 Å². The van der Waals surface area contributed by atoms with Crippen LogP contribution in [0, 0.1) is 5.82 Å². The van der Waals surface area contributed by atoms with Gasteiger partial charge in [0.15, 0.2) is 0 Å². The summed E-state index contributed by atoms with van der Waals surface area (Å²) in [6, 6.07) is 10.5. The molecule has 0 aliphatic rings. The molecule has 3 aromatic rings. The Morgan fingerprint density at radius 3 is 2.56 bits per heavy atom. The van der Waals surface area contributed by atoms with E-state index in [1.807, 2.05) is 18.2 Å². The van der Waals surface area contributed by atoms with E-state index in [9.17, 15) is 4.39 Å². The molecule has 90 valence electrons. The molecule has 0 amide bonds. The van der Waals surface area contributed by atoms with Crippen LogP contribution in [0.3, 0.4) is 0 Å². The maximum Gasteiger partial charge on any atom is 0.148 e. The minimum absolute atomic E-state index is 0.226. The Morgan fingerprint density at radius 2 is 1.83 bits per heavy atom. The summed E-state index contributed by atoms with van der Waals surface area (Å²) >= 11 is 7.15. The van der Waals surface area contributed by atoms with Gasteiger partial charge < -0.3 is 0 Å². The van der Waals surface area contributed by atoms with Gasteiger partial charge in [0.05, 0.1) is 5.88 Å². The highest BCUT2D eigenvalue weighted by Gasteiger charge is 2.11. The van der Waals surface area contributed by atoms with Crippen molar-refractivity contribution in [2.75, 3.05) is 0 Å². The Labute approximate surface area is 112 Å². The van der Waals surface area contributed by atoms with E-state index in [1.54, 1.807) is 12.1 Å². The fraction of sp³-hybridized carbons (Fsp3) is 0.0769. The second-order valence-electron chi connectivity index (χ2n) is 3.78. The molecule has 0 fully saturated rings. The van der Waals surface area contributed by atoms with Crippen LogP contribution in [0.2, 0.25) is 0 Å². The van der Waals surface area contributed by atoms with Crippen molar-refractivity contribution in [3.05, 3.63) is 47.2 Å². The van der Waals surface area contributed by atoms with Gasteiger partial charge in [-0.3, -0.25) is 0 Å². The van der Waals surface area contributed by atoms with Crippen molar-refractivity contribution in [1.29, 1.82) is 0 Å². The molecule has 0 saturated carbocycles. The molecule has 0 saturated heterocycles. The Balaban J connectivity index is 2.26. The standard InChI is InChI=1S/C13H8ClFN2S/c14-7-12-16-17-13(18-12)10-5-6-11(15)9-4-2-1-3-8(9)10/h1-6H,7H2. The third-order valence-corrected chi connectivity index (χ3v) is 4.05. The van der Waals surface area contributed by atoms with Crippen LogP contribution in [0.25, 0.3) is 21.3 Å². The SMILES string of the molecule is Fc1ccc(-c2nnc(CCl)s2)c2ccccc12. The van der Waals surface area contributed by atoms with Gasteiger partial charge in [0.2, 0.25) is 0 Å². The van der Waals surface area contributed by atoms with Crippen LogP contribution in [0.5, 0.6) is 0 Å². The van der Waals surface area contributed by atoms with Gasteiger partial charge in [-0.25, -0.2) is 4.39 Å². The summed E-state index contributed by atoms with van der Waals surface area (Å²) in [4.78, 5) is 0. The Morgan fingerprint density at radius 1 is 1.06 bits per heavy atom. The van der Waals surface area contributed by atoms with Crippen LogP contribution < -0.4 is 0 Å². The molecular weight excluding hydrogens is 271 g/mol. The van der Waals surface area contributed by atoms with Crippen molar-refractivity contribution in [2.45, 2.75) is 5.88 Å². The first-order chi connectivity index (χ1) is 8.79. The number of hydrogen-bond acceptors (Lipinski definition) is 3. The molecule has 0 aliphatic carbocycles. The number of aromatic nitrogens is 2. The number of rotatable bonds is 2. The highest BCUT2D eigenvalue weighted by atomic mass is 35.5. The minimum atomic E-state index is -0.226. The summed E-state index contributed by atoms with van der Waals surface area (Å²) in [5, 5.41) is 11.0. The fourth-order valence-electron chi connectivity index (χ4n) is 1.87. The minimum Gasteiger partial charge on any atom is -0.206 e. The summed E-state index contributed by atoms with van der Waals surface area (Å²) in [5.41, 5.74) is 0.890. The van der Waals surface area contributed by atoms with Crippen molar-refractivity contribution in [2.24, 2.45) is 0 Å². The number of benzene rings is 2. The normalized spacial score (nSPS) is 11.0. The first-order valence-corrected chi connectivity index (χ1v) is 6.70. The summed E-state index contributed by atoms with van der Waals surface area (Å²) in [5.74, 6) is 0.119. The van der Waals surface area contributed by atoms with Gasteiger partial charge in [-0.1, -0.05) is 35.6 Å². The average Bonchev–Trinajstić information content (AvgIpc) is 2.88. The summed E-state index contributed by atoms with van der Waals surface area (Å²) in [7, 11) is 0. The molecule has 0 bridgehead atoms. The van der Waals surface area contributed by atoms with E-state index in [2.05, 4.69) is 10.2 Å². The lowest BCUT2D eigenvalue weighted by Crippen LogP contribution is -1.84. The van der Waals surface area contributed by atoms with E-state index in [0.29, 0.717) is 11.3 Å². The predicted octanol–water partition coefficient (Wildman–Crippen LogP) is 4.24. The van der Waals surface area contributed by atoms with Crippen LogP contribution in [-0.4, -0.2) is 10.2 Å². The third-order valence-electron chi connectivity index (χ3n) is 2.68. The highest BCUT2D eigenvalue weighted by Crippen LogP contribution is 2.32. The van der Waals surface area contributed by atoms with Crippen LogP contribution in [-0.2, 0) is 5.88 Å². The zero-order valence-corrected chi connectivity index (χ0v) is 10.8.